The van der Waals surface area contributed by atoms with Gasteiger partial charge in [0.25, 0.3) is 14.2 Å². The van der Waals surface area contributed by atoms with E-state index >= 15 is 0 Å². The maximum atomic E-state index is 13.8. The lowest BCUT2D eigenvalue weighted by atomic mass is 10.2. The maximum absolute atomic E-state index is 13.8. The fourth-order valence-corrected chi connectivity index (χ4v) is 2.68. The van der Waals surface area contributed by atoms with Gasteiger partial charge in [0.1, 0.15) is 11.6 Å². The molecule has 9 heteroatoms. The fraction of sp³-hybridized carbons (Fsp3) is 0.273. The number of nitrogens with zero attached hydrogens (tertiary/aromatic N) is 3. The highest BCUT2D eigenvalue weighted by Crippen LogP contribution is 2.25. The second-order valence-corrected chi connectivity index (χ2v) is 6.48. The summed E-state index contributed by atoms with van der Waals surface area (Å²) in [5, 5.41) is 6.59. The first-order valence-corrected chi connectivity index (χ1v) is 7.98. The van der Waals surface area contributed by atoms with Crippen LogP contribution in [0.25, 0.3) is 11.4 Å². The first-order chi connectivity index (χ1) is 9.34. The van der Waals surface area contributed by atoms with Gasteiger partial charge >= 0.3 is 0 Å². The monoisotopic (exact) mass is 321 g/mol. The molecule has 2 aromatic rings. The van der Waals surface area contributed by atoms with E-state index in [0.29, 0.717) is 6.42 Å². The Balaban J connectivity index is 2.69. The number of hydrogen-bond acceptors (Lipinski definition) is 4. The summed E-state index contributed by atoms with van der Waals surface area (Å²) in [5.74, 6) is -1.47. The summed E-state index contributed by atoms with van der Waals surface area (Å²) < 4.78 is 50.9. The Morgan fingerprint density at radius 2 is 2.00 bits per heavy atom. The Hall–Kier alpha value is -1.54. The van der Waals surface area contributed by atoms with Crippen LogP contribution in [0.5, 0.6) is 0 Å². The summed E-state index contributed by atoms with van der Waals surface area (Å²) in [6.45, 7) is 2.00. The molecular formula is C11H10ClF2N3O2S. The Morgan fingerprint density at radius 3 is 2.60 bits per heavy atom. The van der Waals surface area contributed by atoms with Gasteiger partial charge in [-0.1, -0.05) is 6.92 Å². The first kappa shape index (κ1) is 14.9. The number of halogens is 3. The zero-order chi connectivity index (χ0) is 14.9. The average molecular weight is 322 g/mol. The lowest BCUT2D eigenvalue weighted by Gasteiger charge is -2.08. The molecule has 0 amide bonds. The van der Waals surface area contributed by atoms with Gasteiger partial charge in [-0.3, -0.25) is 4.57 Å². The normalized spacial score (nSPS) is 11.8. The molecule has 0 aliphatic heterocycles. The van der Waals surface area contributed by atoms with E-state index in [-0.39, 0.29) is 17.9 Å². The van der Waals surface area contributed by atoms with E-state index in [1.807, 2.05) is 0 Å². The largest absolute Gasteiger partial charge is 0.297 e. The smallest absolute Gasteiger partial charge is 0.296 e. The minimum absolute atomic E-state index is 0.0805. The van der Waals surface area contributed by atoms with Gasteiger partial charge in [0, 0.05) is 17.2 Å². The summed E-state index contributed by atoms with van der Waals surface area (Å²) in [6.07, 6.45) is 0.543. The lowest BCUT2D eigenvalue weighted by Crippen LogP contribution is -2.08. The molecule has 0 bridgehead atoms. The molecule has 0 saturated heterocycles. The molecule has 2 rings (SSSR count). The van der Waals surface area contributed by atoms with E-state index in [0.717, 1.165) is 22.8 Å². The number of hydrogen-bond donors (Lipinski definition) is 0. The molecule has 0 N–H and O–H groups in total. The van der Waals surface area contributed by atoms with E-state index in [2.05, 4.69) is 10.2 Å². The maximum Gasteiger partial charge on any atom is 0.296 e. The zero-order valence-corrected chi connectivity index (χ0v) is 11.9. The Kier molecular flexibility index (Phi) is 4.05. The van der Waals surface area contributed by atoms with Crippen LogP contribution < -0.4 is 0 Å². The van der Waals surface area contributed by atoms with Crippen LogP contribution in [0.15, 0.2) is 23.4 Å². The molecule has 5 nitrogen and oxygen atoms in total. The summed E-state index contributed by atoms with van der Waals surface area (Å²) in [5.41, 5.74) is -0.169. The molecular weight excluding hydrogens is 312 g/mol. The van der Waals surface area contributed by atoms with E-state index in [9.17, 15) is 17.2 Å². The van der Waals surface area contributed by atoms with Crippen molar-refractivity contribution in [1.82, 2.24) is 14.8 Å². The van der Waals surface area contributed by atoms with Crippen molar-refractivity contribution in [3.63, 3.8) is 0 Å². The van der Waals surface area contributed by atoms with Crippen LogP contribution in [0, 0.1) is 11.6 Å². The number of rotatable bonds is 4. The van der Waals surface area contributed by atoms with Gasteiger partial charge in [-0.15, -0.1) is 10.2 Å². The molecule has 0 saturated carbocycles. The van der Waals surface area contributed by atoms with Gasteiger partial charge in [0.2, 0.25) is 0 Å². The minimum Gasteiger partial charge on any atom is -0.297 e. The van der Waals surface area contributed by atoms with Gasteiger partial charge in [-0.2, -0.15) is 0 Å². The van der Waals surface area contributed by atoms with Crippen molar-refractivity contribution in [2.45, 2.75) is 25.0 Å². The molecule has 1 aromatic carbocycles. The Bertz CT molecular complexity index is 746. The average Bonchev–Trinajstić information content (AvgIpc) is 2.76. The van der Waals surface area contributed by atoms with Crippen LogP contribution in [0.4, 0.5) is 8.78 Å². The second kappa shape index (κ2) is 5.45. The number of aromatic nitrogens is 3. The van der Waals surface area contributed by atoms with Crippen molar-refractivity contribution in [3.8, 4) is 11.4 Å². The van der Waals surface area contributed by atoms with Crippen LogP contribution in [-0.2, 0) is 15.6 Å². The molecule has 1 heterocycles. The SMILES string of the molecule is CCCn1c(-c2cc(F)ccc2F)nnc1S(=O)(=O)Cl. The minimum atomic E-state index is -4.12. The Labute approximate surface area is 118 Å². The highest BCUT2D eigenvalue weighted by Gasteiger charge is 2.24. The van der Waals surface area contributed by atoms with E-state index in [1.165, 1.54) is 0 Å². The summed E-state index contributed by atoms with van der Waals surface area (Å²) in [4.78, 5) is 0. The van der Waals surface area contributed by atoms with Crippen molar-refractivity contribution in [2.24, 2.45) is 0 Å². The predicted octanol–water partition coefficient (Wildman–Crippen LogP) is 2.56. The topological polar surface area (TPSA) is 64.8 Å². The van der Waals surface area contributed by atoms with Gasteiger partial charge in [-0.25, -0.2) is 17.2 Å². The molecule has 0 fully saturated rings. The van der Waals surface area contributed by atoms with Crippen LogP contribution in [0.3, 0.4) is 0 Å². The summed E-state index contributed by atoms with van der Waals surface area (Å²) >= 11 is 0. The van der Waals surface area contributed by atoms with E-state index in [4.69, 9.17) is 10.7 Å². The standard InChI is InChI=1S/C11H10ClF2N3O2S/c1-2-5-17-10(15-16-11(17)20(12,18)19)8-6-7(13)3-4-9(8)14/h3-4,6H,2,5H2,1H3. The van der Waals surface area contributed by atoms with Crippen LogP contribution in [-0.4, -0.2) is 23.2 Å². The molecule has 0 aliphatic carbocycles. The van der Waals surface area contributed by atoms with Gasteiger partial charge in [0.15, 0.2) is 5.82 Å². The van der Waals surface area contributed by atoms with E-state index in [1.54, 1.807) is 6.92 Å². The van der Waals surface area contributed by atoms with Crippen molar-refractivity contribution in [3.05, 3.63) is 29.8 Å². The zero-order valence-electron chi connectivity index (χ0n) is 10.3. The van der Waals surface area contributed by atoms with Crippen LogP contribution in [0.2, 0.25) is 0 Å². The Morgan fingerprint density at radius 1 is 1.30 bits per heavy atom. The third-order valence-corrected chi connectivity index (χ3v) is 3.70. The molecule has 0 aliphatic rings. The predicted molar refractivity (Wildman–Crippen MR) is 68.7 cm³/mol. The van der Waals surface area contributed by atoms with Gasteiger partial charge < -0.3 is 0 Å². The quantitative estimate of drug-likeness (QED) is 0.812. The molecule has 1 aromatic heterocycles. The first-order valence-electron chi connectivity index (χ1n) is 5.68. The van der Waals surface area contributed by atoms with E-state index < -0.39 is 25.8 Å². The van der Waals surface area contributed by atoms with Crippen LogP contribution in [0.1, 0.15) is 13.3 Å². The number of benzene rings is 1. The lowest BCUT2D eigenvalue weighted by molar-refractivity contribution is 0.567. The second-order valence-electron chi connectivity index (χ2n) is 4.02. The molecule has 0 atom stereocenters. The van der Waals surface area contributed by atoms with Crippen molar-refractivity contribution >= 4 is 19.7 Å². The molecule has 108 valence electrons. The van der Waals surface area contributed by atoms with Crippen molar-refractivity contribution in [1.29, 1.82) is 0 Å². The highest BCUT2D eigenvalue weighted by atomic mass is 35.7. The van der Waals surface area contributed by atoms with Gasteiger partial charge in [-0.05, 0) is 24.6 Å². The molecule has 20 heavy (non-hydrogen) atoms. The van der Waals surface area contributed by atoms with Crippen molar-refractivity contribution < 1.29 is 17.2 Å². The van der Waals surface area contributed by atoms with Crippen molar-refractivity contribution in [2.75, 3.05) is 0 Å². The fourth-order valence-electron chi connectivity index (χ4n) is 1.76. The molecule has 0 radical (unpaired) electrons. The molecule has 0 unspecified atom stereocenters. The summed E-state index contributed by atoms with van der Waals surface area (Å²) in [7, 11) is 1.13. The summed E-state index contributed by atoms with van der Waals surface area (Å²) in [6, 6.07) is 2.82. The third kappa shape index (κ3) is 2.80. The van der Waals surface area contributed by atoms with Gasteiger partial charge in [0.05, 0.1) is 5.56 Å². The molecule has 0 spiro atoms. The van der Waals surface area contributed by atoms with Crippen LogP contribution >= 0.6 is 10.7 Å². The highest BCUT2D eigenvalue weighted by molar-refractivity contribution is 8.13. The third-order valence-electron chi connectivity index (χ3n) is 2.55.